The van der Waals surface area contributed by atoms with Gasteiger partial charge in [-0.2, -0.15) is 0 Å². The Kier molecular flexibility index (Phi) is 3.21. The zero-order valence-electron chi connectivity index (χ0n) is 12.4. The first-order valence-corrected chi connectivity index (χ1v) is 7.60. The summed E-state index contributed by atoms with van der Waals surface area (Å²) in [6.45, 7) is 2.73. The lowest BCUT2D eigenvalue weighted by molar-refractivity contribution is 0.160. The summed E-state index contributed by atoms with van der Waals surface area (Å²) in [6.07, 6.45) is 0.521. The van der Waals surface area contributed by atoms with Crippen LogP contribution in [0.25, 0.3) is 22.2 Å². The third-order valence-corrected chi connectivity index (χ3v) is 4.29. The topological polar surface area (TPSA) is 58.3 Å². The summed E-state index contributed by atoms with van der Waals surface area (Å²) in [5.74, 6) is 0.684. The molecule has 2 aromatic carbocycles. The second-order valence-corrected chi connectivity index (χ2v) is 5.83. The van der Waals surface area contributed by atoms with Crippen LogP contribution in [-0.2, 0) is 0 Å². The quantitative estimate of drug-likeness (QED) is 0.762. The van der Waals surface area contributed by atoms with Crippen molar-refractivity contribution in [3.63, 3.8) is 0 Å². The van der Waals surface area contributed by atoms with Gasteiger partial charge in [0.15, 0.2) is 11.5 Å². The molecule has 2 N–H and O–H groups in total. The summed E-state index contributed by atoms with van der Waals surface area (Å²) in [5.41, 5.74) is 5.07. The minimum absolute atomic E-state index is 0.0495. The van der Waals surface area contributed by atoms with Crippen molar-refractivity contribution in [2.45, 2.75) is 25.5 Å². The van der Waals surface area contributed by atoms with Gasteiger partial charge in [-0.1, -0.05) is 30.3 Å². The maximum absolute atomic E-state index is 9.97. The molecule has 1 saturated heterocycles. The lowest BCUT2D eigenvalue weighted by Crippen LogP contribution is -2.20. The Balaban J connectivity index is 1.66. The largest absolute Gasteiger partial charge is 0.441 e. The van der Waals surface area contributed by atoms with E-state index in [4.69, 9.17) is 4.42 Å². The predicted octanol–water partition coefficient (Wildman–Crippen LogP) is 3.20. The molecule has 22 heavy (non-hydrogen) atoms. The lowest BCUT2D eigenvalue weighted by Gasteiger charge is -2.15. The van der Waals surface area contributed by atoms with E-state index in [0.29, 0.717) is 5.89 Å². The maximum atomic E-state index is 9.97. The van der Waals surface area contributed by atoms with Crippen LogP contribution in [0.3, 0.4) is 0 Å². The summed E-state index contributed by atoms with van der Waals surface area (Å²) in [4.78, 5) is 4.32. The molecule has 0 spiro atoms. The van der Waals surface area contributed by atoms with Gasteiger partial charge in [-0.3, -0.25) is 0 Å². The van der Waals surface area contributed by atoms with Crippen LogP contribution in [0.15, 0.2) is 46.9 Å². The number of aryl methyl sites for hydroxylation is 1. The van der Waals surface area contributed by atoms with Crippen molar-refractivity contribution in [1.29, 1.82) is 0 Å². The summed E-state index contributed by atoms with van der Waals surface area (Å²) in [6, 6.07) is 14.5. The number of aromatic nitrogens is 1. The molecule has 4 rings (SSSR count). The number of nitrogens with one attached hydrogen (secondary N) is 1. The van der Waals surface area contributed by atoms with Crippen molar-refractivity contribution in [3.8, 4) is 11.1 Å². The first kappa shape index (κ1) is 13.5. The van der Waals surface area contributed by atoms with Crippen LogP contribution in [0.2, 0.25) is 0 Å². The second-order valence-electron chi connectivity index (χ2n) is 5.83. The fourth-order valence-electron chi connectivity index (χ4n) is 3.13. The smallest absolute Gasteiger partial charge is 0.192 e. The maximum Gasteiger partial charge on any atom is 0.192 e. The van der Waals surface area contributed by atoms with Crippen LogP contribution in [0.5, 0.6) is 0 Å². The molecule has 4 heteroatoms. The number of rotatable bonds is 2. The van der Waals surface area contributed by atoms with Crippen molar-refractivity contribution < 1.29 is 9.52 Å². The zero-order valence-corrected chi connectivity index (χ0v) is 12.4. The molecule has 1 aliphatic heterocycles. The van der Waals surface area contributed by atoms with E-state index in [2.05, 4.69) is 40.6 Å². The minimum atomic E-state index is -0.292. The van der Waals surface area contributed by atoms with Crippen LogP contribution in [0, 0.1) is 6.92 Å². The molecular weight excluding hydrogens is 276 g/mol. The predicted molar refractivity (Wildman–Crippen MR) is 85.5 cm³/mol. The molecule has 112 valence electrons. The molecule has 1 aromatic heterocycles. The number of nitrogens with zero attached hydrogens (tertiary/aromatic N) is 1. The molecule has 0 bridgehead atoms. The third-order valence-electron chi connectivity index (χ3n) is 4.29. The van der Waals surface area contributed by atoms with Crippen molar-refractivity contribution in [2.75, 3.05) is 6.54 Å². The molecule has 0 amide bonds. The molecule has 0 unspecified atom stereocenters. The van der Waals surface area contributed by atoms with Gasteiger partial charge in [0.05, 0.1) is 12.1 Å². The number of hydrogen-bond acceptors (Lipinski definition) is 4. The van der Waals surface area contributed by atoms with Gasteiger partial charge in [0.25, 0.3) is 0 Å². The van der Waals surface area contributed by atoms with Crippen LogP contribution in [0.1, 0.15) is 23.9 Å². The number of aliphatic hydroxyl groups is 1. The number of aliphatic hydroxyl groups excluding tert-OH is 1. The molecule has 0 saturated carbocycles. The van der Waals surface area contributed by atoms with Gasteiger partial charge in [-0.15, -0.1) is 0 Å². The fourth-order valence-corrected chi connectivity index (χ4v) is 3.13. The number of hydrogen-bond donors (Lipinski definition) is 2. The van der Waals surface area contributed by atoms with Crippen molar-refractivity contribution in [3.05, 3.63) is 53.9 Å². The molecule has 0 radical (unpaired) electrons. The highest BCUT2D eigenvalue weighted by molar-refractivity contribution is 5.80. The molecule has 1 fully saturated rings. The minimum Gasteiger partial charge on any atom is -0.441 e. The highest BCUT2D eigenvalue weighted by Gasteiger charge is 2.25. The summed E-state index contributed by atoms with van der Waals surface area (Å²) >= 11 is 0. The lowest BCUT2D eigenvalue weighted by atomic mass is 9.99. The Hall–Kier alpha value is -2.17. The monoisotopic (exact) mass is 294 g/mol. The van der Waals surface area contributed by atoms with Gasteiger partial charge in [0, 0.05) is 6.92 Å². The molecule has 4 nitrogen and oxygen atoms in total. The molecule has 1 aliphatic rings. The summed E-state index contributed by atoms with van der Waals surface area (Å²) < 4.78 is 5.59. The zero-order chi connectivity index (χ0) is 15.1. The Morgan fingerprint density at radius 1 is 1.14 bits per heavy atom. The van der Waals surface area contributed by atoms with Crippen LogP contribution < -0.4 is 5.32 Å². The number of fused-ring (bicyclic) bond motifs is 1. The number of oxazole rings is 1. The standard InChI is InChI=1S/C18H18N2O2/c1-11-20-15-7-6-14(10-17(15)22-11)12-2-4-13(5-3-12)18-16(21)8-9-19-18/h2-7,10,16,18-19,21H,8-9H2,1H3/t16-,18-/m0/s1. The van der Waals surface area contributed by atoms with E-state index in [9.17, 15) is 5.11 Å². The molecule has 2 atom stereocenters. The normalized spacial score (nSPS) is 21.5. The van der Waals surface area contributed by atoms with E-state index < -0.39 is 0 Å². The Bertz CT molecular complexity index is 808. The SMILES string of the molecule is Cc1nc2ccc(-c3ccc([C@@H]4NCC[C@@H]4O)cc3)cc2o1. The third kappa shape index (κ3) is 2.30. The van der Waals surface area contributed by atoms with E-state index in [1.165, 1.54) is 0 Å². The van der Waals surface area contributed by atoms with Gasteiger partial charge in [-0.25, -0.2) is 4.98 Å². The highest BCUT2D eigenvalue weighted by Crippen LogP contribution is 2.28. The van der Waals surface area contributed by atoms with Crippen LogP contribution in [0.4, 0.5) is 0 Å². The van der Waals surface area contributed by atoms with Crippen molar-refractivity contribution in [2.24, 2.45) is 0 Å². The van der Waals surface area contributed by atoms with Crippen molar-refractivity contribution in [1.82, 2.24) is 10.3 Å². The highest BCUT2D eigenvalue weighted by atomic mass is 16.3. The second kappa shape index (κ2) is 5.23. The first-order valence-electron chi connectivity index (χ1n) is 7.60. The van der Waals surface area contributed by atoms with Gasteiger partial charge >= 0.3 is 0 Å². The van der Waals surface area contributed by atoms with Gasteiger partial charge in [-0.05, 0) is 41.8 Å². The van der Waals surface area contributed by atoms with Crippen molar-refractivity contribution >= 4 is 11.1 Å². The average Bonchev–Trinajstić information content (AvgIpc) is 3.11. The van der Waals surface area contributed by atoms with Gasteiger partial charge in [0.1, 0.15) is 5.52 Å². The van der Waals surface area contributed by atoms with E-state index in [-0.39, 0.29) is 12.1 Å². The van der Waals surface area contributed by atoms with E-state index in [0.717, 1.165) is 40.8 Å². The van der Waals surface area contributed by atoms with Gasteiger partial charge < -0.3 is 14.8 Å². The van der Waals surface area contributed by atoms with E-state index >= 15 is 0 Å². The first-order chi connectivity index (χ1) is 10.7. The van der Waals surface area contributed by atoms with Gasteiger partial charge in [0.2, 0.25) is 0 Å². The molecular formula is C18H18N2O2. The fraction of sp³-hybridized carbons (Fsp3) is 0.278. The Morgan fingerprint density at radius 3 is 2.64 bits per heavy atom. The summed E-state index contributed by atoms with van der Waals surface area (Å²) in [5, 5.41) is 13.3. The van der Waals surface area contributed by atoms with Crippen LogP contribution in [-0.4, -0.2) is 22.7 Å². The molecule has 0 aliphatic carbocycles. The summed E-state index contributed by atoms with van der Waals surface area (Å²) in [7, 11) is 0. The Labute approximate surface area is 128 Å². The van der Waals surface area contributed by atoms with Crippen LogP contribution >= 0.6 is 0 Å². The van der Waals surface area contributed by atoms with E-state index in [1.54, 1.807) is 0 Å². The molecule has 3 aromatic rings. The Morgan fingerprint density at radius 2 is 1.91 bits per heavy atom. The van der Waals surface area contributed by atoms with E-state index in [1.807, 2.05) is 19.1 Å². The molecule has 2 heterocycles. The average molecular weight is 294 g/mol. The number of benzene rings is 2.